The largest absolute Gasteiger partial charge is 0.492 e. The van der Waals surface area contributed by atoms with Gasteiger partial charge in [0.2, 0.25) is 0 Å². The van der Waals surface area contributed by atoms with E-state index in [4.69, 9.17) is 14.2 Å². The van der Waals surface area contributed by atoms with Gasteiger partial charge in [-0.05, 0) is 37.0 Å². The lowest BCUT2D eigenvalue weighted by atomic mass is 9.93. The van der Waals surface area contributed by atoms with E-state index in [1.807, 2.05) is 13.8 Å². The van der Waals surface area contributed by atoms with Crippen molar-refractivity contribution in [1.29, 1.82) is 0 Å². The summed E-state index contributed by atoms with van der Waals surface area (Å²) in [5.41, 5.74) is 0.00983. The number of nitrogens with one attached hydrogen (secondary N) is 1. The Labute approximate surface area is 161 Å². The molecule has 6 nitrogen and oxygen atoms in total. The van der Waals surface area contributed by atoms with Gasteiger partial charge in [0.15, 0.2) is 0 Å². The van der Waals surface area contributed by atoms with Gasteiger partial charge in [0.05, 0.1) is 13.7 Å². The van der Waals surface area contributed by atoms with Crippen LogP contribution in [0.25, 0.3) is 0 Å². The van der Waals surface area contributed by atoms with Gasteiger partial charge in [-0.3, -0.25) is 4.79 Å². The average Bonchev–Trinajstić information content (AvgIpc) is 2.92. The van der Waals surface area contributed by atoms with Crippen LogP contribution in [0, 0.1) is 5.92 Å². The predicted molar refractivity (Wildman–Crippen MR) is 104 cm³/mol. The molecule has 0 aliphatic heterocycles. The van der Waals surface area contributed by atoms with Crippen LogP contribution in [0.15, 0.2) is 18.2 Å². The number of carbonyl (C=O) groups is 2. The van der Waals surface area contributed by atoms with Crippen LogP contribution < -0.4 is 10.1 Å². The average molecular weight is 377 g/mol. The van der Waals surface area contributed by atoms with Gasteiger partial charge < -0.3 is 19.5 Å². The van der Waals surface area contributed by atoms with E-state index >= 15 is 0 Å². The molecule has 1 aliphatic carbocycles. The summed E-state index contributed by atoms with van der Waals surface area (Å²) < 4.78 is 16.2. The standard InChI is InChI=1S/C21H31NO5/c1-15(2)14-27-18-10-9-16(13-17(18)19(23)25-3)22-20(24)21(26-4)11-7-5-6-8-12-21/h9-10,13,15H,5-8,11-12,14H2,1-4H3,(H,22,24). The van der Waals surface area contributed by atoms with Crippen LogP contribution in [0.2, 0.25) is 0 Å². The number of amides is 1. The van der Waals surface area contributed by atoms with Gasteiger partial charge in [0, 0.05) is 12.8 Å². The number of hydrogen-bond acceptors (Lipinski definition) is 5. The number of carbonyl (C=O) groups excluding carboxylic acids is 2. The Morgan fingerprint density at radius 3 is 2.33 bits per heavy atom. The zero-order valence-electron chi connectivity index (χ0n) is 16.8. The third-order valence-electron chi connectivity index (χ3n) is 4.93. The molecule has 27 heavy (non-hydrogen) atoms. The van der Waals surface area contributed by atoms with Crippen LogP contribution in [0.1, 0.15) is 62.7 Å². The maximum atomic E-state index is 12.9. The Kier molecular flexibility index (Phi) is 7.66. The molecule has 0 aromatic heterocycles. The predicted octanol–water partition coefficient (Wildman–Crippen LogP) is 4.19. The Balaban J connectivity index is 2.22. The summed E-state index contributed by atoms with van der Waals surface area (Å²) in [4.78, 5) is 25.1. The van der Waals surface area contributed by atoms with E-state index in [0.29, 0.717) is 42.4 Å². The van der Waals surface area contributed by atoms with E-state index in [9.17, 15) is 9.59 Å². The van der Waals surface area contributed by atoms with E-state index in [1.165, 1.54) is 7.11 Å². The molecule has 6 heteroatoms. The number of rotatable bonds is 7. The molecule has 1 N–H and O–H groups in total. The van der Waals surface area contributed by atoms with Gasteiger partial charge in [-0.25, -0.2) is 4.79 Å². The first-order valence-electron chi connectivity index (χ1n) is 9.63. The second-order valence-corrected chi connectivity index (χ2v) is 7.47. The fraction of sp³-hybridized carbons (Fsp3) is 0.619. The first kappa shape index (κ1) is 21.2. The molecule has 0 bridgehead atoms. The number of methoxy groups -OCH3 is 2. The summed E-state index contributed by atoms with van der Waals surface area (Å²) in [5, 5.41) is 2.92. The number of benzene rings is 1. The second kappa shape index (κ2) is 9.74. The van der Waals surface area contributed by atoms with Gasteiger partial charge in [0.25, 0.3) is 5.91 Å². The van der Waals surface area contributed by atoms with Crippen molar-refractivity contribution < 1.29 is 23.8 Å². The minimum atomic E-state index is -0.811. The van der Waals surface area contributed by atoms with E-state index in [0.717, 1.165) is 25.7 Å². The molecule has 1 saturated carbocycles. The lowest BCUT2D eigenvalue weighted by molar-refractivity contribution is -0.139. The highest BCUT2D eigenvalue weighted by atomic mass is 16.5. The molecule has 0 atom stereocenters. The SMILES string of the molecule is COC(=O)c1cc(NC(=O)C2(OC)CCCCCC2)ccc1OCC(C)C. The van der Waals surface area contributed by atoms with Crippen molar-refractivity contribution in [2.24, 2.45) is 5.92 Å². The molecule has 2 rings (SSSR count). The van der Waals surface area contributed by atoms with Crippen LogP contribution >= 0.6 is 0 Å². The molecule has 1 aliphatic rings. The van der Waals surface area contributed by atoms with Gasteiger partial charge in [-0.1, -0.05) is 39.5 Å². The lowest BCUT2D eigenvalue weighted by Gasteiger charge is -2.30. The van der Waals surface area contributed by atoms with Crippen LogP contribution in [0.4, 0.5) is 5.69 Å². The monoisotopic (exact) mass is 377 g/mol. The third kappa shape index (κ3) is 5.45. The summed E-state index contributed by atoms with van der Waals surface area (Å²) in [6, 6.07) is 5.02. The summed E-state index contributed by atoms with van der Waals surface area (Å²) in [6.07, 6.45) is 5.58. The maximum absolute atomic E-state index is 12.9. The fourth-order valence-electron chi connectivity index (χ4n) is 3.33. The lowest BCUT2D eigenvalue weighted by Crippen LogP contribution is -2.44. The van der Waals surface area contributed by atoms with Crippen molar-refractivity contribution in [2.45, 2.75) is 58.0 Å². The zero-order chi connectivity index (χ0) is 19.9. The summed E-state index contributed by atoms with van der Waals surface area (Å²) in [6.45, 7) is 4.55. The van der Waals surface area contributed by atoms with Crippen molar-refractivity contribution in [1.82, 2.24) is 0 Å². The van der Waals surface area contributed by atoms with E-state index in [-0.39, 0.29) is 5.91 Å². The smallest absolute Gasteiger partial charge is 0.341 e. The quantitative estimate of drug-likeness (QED) is 0.570. The Hall–Kier alpha value is -2.08. The fourth-order valence-corrected chi connectivity index (χ4v) is 3.33. The minimum Gasteiger partial charge on any atom is -0.492 e. The van der Waals surface area contributed by atoms with Crippen LogP contribution in [-0.2, 0) is 14.3 Å². The van der Waals surface area contributed by atoms with E-state index in [2.05, 4.69) is 5.32 Å². The normalized spacial score (nSPS) is 16.5. The van der Waals surface area contributed by atoms with Crippen LogP contribution in [0.3, 0.4) is 0 Å². The van der Waals surface area contributed by atoms with Gasteiger partial charge in [0.1, 0.15) is 16.9 Å². The first-order chi connectivity index (χ1) is 12.9. The van der Waals surface area contributed by atoms with E-state index in [1.54, 1.807) is 25.3 Å². The van der Waals surface area contributed by atoms with Gasteiger partial charge >= 0.3 is 5.97 Å². The summed E-state index contributed by atoms with van der Waals surface area (Å²) >= 11 is 0. The highest BCUT2D eigenvalue weighted by Crippen LogP contribution is 2.32. The molecule has 0 unspecified atom stereocenters. The topological polar surface area (TPSA) is 73.9 Å². The first-order valence-corrected chi connectivity index (χ1v) is 9.63. The summed E-state index contributed by atoms with van der Waals surface area (Å²) in [5.74, 6) is 0.107. The van der Waals surface area contributed by atoms with Crippen molar-refractivity contribution in [3.8, 4) is 5.75 Å². The van der Waals surface area contributed by atoms with Crippen molar-refractivity contribution in [3.05, 3.63) is 23.8 Å². The summed E-state index contributed by atoms with van der Waals surface area (Å²) in [7, 11) is 2.92. The maximum Gasteiger partial charge on any atom is 0.341 e. The van der Waals surface area contributed by atoms with Crippen LogP contribution in [0.5, 0.6) is 5.75 Å². The van der Waals surface area contributed by atoms with Gasteiger partial charge in [-0.15, -0.1) is 0 Å². The molecule has 1 aromatic rings. The zero-order valence-corrected chi connectivity index (χ0v) is 16.8. The minimum absolute atomic E-state index is 0.168. The number of ether oxygens (including phenoxy) is 3. The Morgan fingerprint density at radius 2 is 1.78 bits per heavy atom. The molecule has 0 heterocycles. The Bertz CT molecular complexity index is 648. The molecule has 0 spiro atoms. The molecular formula is C21H31NO5. The van der Waals surface area contributed by atoms with Gasteiger partial charge in [-0.2, -0.15) is 0 Å². The molecule has 0 saturated heterocycles. The van der Waals surface area contributed by atoms with Crippen molar-refractivity contribution in [3.63, 3.8) is 0 Å². The van der Waals surface area contributed by atoms with Crippen molar-refractivity contribution in [2.75, 3.05) is 26.1 Å². The highest BCUT2D eigenvalue weighted by molar-refractivity contribution is 5.99. The Morgan fingerprint density at radius 1 is 1.11 bits per heavy atom. The number of anilines is 1. The van der Waals surface area contributed by atoms with E-state index < -0.39 is 11.6 Å². The molecule has 150 valence electrons. The molecule has 0 radical (unpaired) electrons. The second-order valence-electron chi connectivity index (χ2n) is 7.47. The molecule has 1 aromatic carbocycles. The third-order valence-corrected chi connectivity index (χ3v) is 4.93. The molecular weight excluding hydrogens is 346 g/mol. The van der Waals surface area contributed by atoms with Crippen LogP contribution in [-0.4, -0.2) is 38.3 Å². The molecule has 1 amide bonds. The number of esters is 1. The molecule has 1 fully saturated rings. The number of hydrogen-bond donors (Lipinski definition) is 1. The van der Waals surface area contributed by atoms with Crippen molar-refractivity contribution >= 4 is 17.6 Å². The highest BCUT2D eigenvalue weighted by Gasteiger charge is 2.38.